The second-order valence-electron chi connectivity index (χ2n) is 5.99. The fourth-order valence-corrected chi connectivity index (χ4v) is 1.95. The van der Waals surface area contributed by atoms with Crippen molar-refractivity contribution < 1.29 is 14.7 Å². The van der Waals surface area contributed by atoms with E-state index in [0.29, 0.717) is 18.9 Å². The van der Waals surface area contributed by atoms with Gasteiger partial charge in [0, 0.05) is 19.0 Å². The lowest BCUT2D eigenvalue weighted by Crippen LogP contribution is -2.41. The van der Waals surface area contributed by atoms with E-state index in [-0.39, 0.29) is 18.4 Å². The van der Waals surface area contributed by atoms with Gasteiger partial charge in [-0.05, 0) is 18.8 Å². The molecular weight excluding hydrogens is 256 g/mol. The third-order valence-corrected chi connectivity index (χ3v) is 3.02. The number of nitrogens with one attached hydrogen (secondary N) is 2. The molecule has 0 saturated heterocycles. The lowest BCUT2D eigenvalue weighted by molar-refractivity contribution is -0.140. The van der Waals surface area contributed by atoms with Gasteiger partial charge in [0.15, 0.2) is 0 Å². The molecule has 118 valence electrons. The Bertz CT molecular complexity index is 291. The van der Waals surface area contributed by atoms with Crippen LogP contribution in [0.1, 0.15) is 59.8 Å². The first kappa shape index (κ1) is 18.9. The van der Waals surface area contributed by atoms with Gasteiger partial charge >= 0.3 is 5.97 Å². The van der Waals surface area contributed by atoms with Crippen LogP contribution in [0.4, 0.5) is 0 Å². The molecule has 0 aromatic heterocycles. The Morgan fingerprint density at radius 3 is 2.20 bits per heavy atom. The Balaban J connectivity index is 3.76. The van der Waals surface area contributed by atoms with Crippen molar-refractivity contribution in [1.29, 1.82) is 0 Å². The first-order chi connectivity index (χ1) is 9.32. The number of hydrogen-bond acceptors (Lipinski definition) is 3. The fraction of sp³-hybridized carbons (Fsp3) is 0.867. The molecule has 0 fully saturated rings. The van der Waals surface area contributed by atoms with E-state index in [4.69, 9.17) is 5.11 Å². The molecular formula is C15H30N2O3. The minimum absolute atomic E-state index is 0.0636. The van der Waals surface area contributed by atoms with E-state index in [1.165, 1.54) is 6.42 Å². The van der Waals surface area contributed by atoms with Crippen molar-refractivity contribution in [2.45, 2.75) is 71.9 Å². The van der Waals surface area contributed by atoms with Crippen LogP contribution in [-0.4, -0.2) is 35.6 Å². The van der Waals surface area contributed by atoms with Crippen LogP contribution < -0.4 is 10.6 Å². The lowest BCUT2D eigenvalue weighted by Gasteiger charge is -2.16. The molecule has 5 heteroatoms. The van der Waals surface area contributed by atoms with Gasteiger partial charge in [0.25, 0.3) is 0 Å². The van der Waals surface area contributed by atoms with Crippen LogP contribution in [0.2, 0.25) is 0 Å². The third kappa shape index (κ3) is 10.8. The van der Waals surface area contributed by atoms with Crippen molar-refractivity contribution in [3.05, 3.63) is 0 Å². The lowest BCUT2D eigenvalue weighted by atomic mass is 10.1. The van der Waals surface area contributed by atoms with Crippen LogP contribution in [0.15, 0.2) is 0 Å². The van der Waals surface area contributed by atoms with E-state index in [0.717, 1.165) is 12.8 Å². The highest BCUT2D eigenvalue weighted by molar-refractivity contribution is 5.78. The van der Waals surface area contributed by atoms with Crippen LogP contribution in [-0.2, 0) is 9.59 Å². The van der Waals surface area contributed by atoms with Crippen molar-refractivity contribution in [1.82, 2.24) is 10.6 Å². The van der Waals surface area contributed by atoms with Crippen LogP contribution in [0.25, 0.3) is 0 Å². The molecule has 0 aliphatic carbocycles. The molecule has 1 atom stereocenters. The predicted molar refractivity (Wildman–Crippen MR) is 80.6 cm³/mol. The van der Waals surface area contributed by atoms with Crippen molar-refractivity contribution in [3.63, 3.8) is 0 Å². The summed E-state index contributed by atoms with van der Waals surface area (Å²) in [6, 6.07) is -0.558. The summed E-state index contributed by atoms with van der Waals surface area (Å²) in [7, 11) is 0. The van der Waals surface area contributed by atoms with Gasteiger partial charge in [-0.15, -0.1) is 0 Å². The Morgan fingerprint density at radius 1 is 1.05 bits per heavy atom. The number of hydrogen-bond donors (Lipinski definition) is 3. The molecule has 0 heterocycles. The first-order valence-electron chi connectivity index (χ1n) is 7.58. The standard InChI is InChI=1S/C15H30N2O3/c1-11(2)7-5-6-10-16-14(18)9-8-13(15(19)20)17-12(3)4/h11-13,17H,5-10H2,1-4H3,(H,16,18)(H,19,20). The summed E-state index contributed by atoms with van der Waals surface area (Å²) in [5.74, 6) is -0.265. The molecule has 0 aromatic carbocycles. The highest BCUT2D eigenvalue weighted by Crippen LogP contribution is 2.05. The number of carboxylic acid groups (broad SMARTS) is 1. The van der Waals surface area contributed by atoms with Gasteiger partial charge in [-0.25, -0.2) is 0 Å². The van der Waals surface area contributed by atoms with Crippen LogP contribution in [0.3, 0.4) is 0 Å². The zero-order valence-corrected chi connectivity index (χ0v) is 13.2. The topological polar surface area (TPSA) is 78.4 Å². The second-order valence-corrected chi connectivity index (χ2v) is 5.99. The van der Waals surface area contributed by atoms with Gasteiger partial charge < -0.3 is 15.7 Å². The van der Waals surface area contributed by atoms with Crippen LogP contribution >= 0.6 is 0 Å². The molecule has 0 aromatic rings. The minimum Gasteiger partial charge on any atom is -0.480 e. The number of carbonyl (C=O) groups excluding carboxylic acids is 1. The number of amides is 1. The second kappa shape index (κ2) is 10.7. The van der Waals surface area contributed by atoms with Crippen molar-refractivity contribution >= 4 is 11.9 Å². The van der Waals surface area contributed by atoms with Crippen molar-refractivity contribution in [2.24, 2.45) is 5.92 Å². The Hall–Kier alpha value is -1.10. The Kier molecular flexibility index (Phi) is 10.1. The zero-order chi connectivity index (χ0) is 15.5. The predicted octanol–water partition coefficient (Wildman–Crippen LogP) is 2.16. The molecule has 5 nitrogen and oxygen atoms in total. The number of carbonyl (C=O) groups is 2. The summed E-state index contributed by atoms with van der Waals surface area (Å²) in [5.41, 5.74) is 0. The summed E-state index contributed by atoms with van der Waals surface area (Å²) in [5, 5.41) is 14.8. The Labute approximate surface area is 122 Å². The molecule has 1 unspecified atom stereocenters. The van der Waals surface area contributed by atoms with Gasteiger partial charge in [-0.3, -0.25) is 9.59 Å². The summed E-state index contributed by atoms with van der Waals surface area (Å²) in [6.45, 7) is 8.84. The molecule has 0 radical (unpaired) electrons. The molecule has 0 aliphatic heterocycles. The van der Waals surface area contributed by atoms with Gasteiger partial charge in [-0.1, -0.05) is 40.5 Å². The number of rotatable bonds is 11. The largest absolute Gasteiger partial charge is 0.480 e. The number of carboxylic acids is 1. The molecule has 0 bridgehead atoms. The van der Waals surface area contributed by atoms with Gasteiger partial charge in [0.1, 0.15) is 6.04 Å². The molecule has 0 saturated carbocycles. The third-order valence-electron chi connectivity index (χ3n) is 3.02. The molecule has 0 spiro atoms. The maximum Gasteiger partial charge on any atom is 0.320 e. The van der Waals surface area contributed by atoms with E-state index in [9.17, 15) is 9.59 Å². The van der Waals surface area contributed by atoms with Crippen molar-refractivity contribution in [3.8, 4) is 0 Å². The summed E-state index contributed by atoms with van der Waals surface area (Å²) in [6.07, 6.45) is 3.85. The molecule has 0 rings (SSSR count). The van der Waals surface area contributed by atoms with Gasteiger partial charge in [0.05, 0.1) is 0 Å². The van der Waals surface area contributed by atoms with E-state index in [2.05, 4.69) is 24.5 Å². The summed E-state index contributed by atoms with van der Waals surface area (Å²) >= 11 is 0. The summed E-state index contributed by atoms with van der Waals surface area (Å²) in [4.78, 5) is 22.6. The van der Waals surface area contributed by atoms with E-state index in [1.807, 2.05) is 13.8 Å². The maximum atomic E-state index is 11.6. The molecule has 20 heavy (non-hydrogen) atoms. The highest BCUT2D eigenvalue weighted by Gasteiger charge is 2.18. The first-order valence-corrected chi connectivity index (χ1v) is 7.58. The Morgan fingerprint density at radius 2 is 1.70 bits per heavy atom. The zero-order valence-electron chi connectivity index (χ0n) is 13.2. The minimum atomic E-state index is -0.900. The molecule has 1 amide bonds. The highest BCUT2D eigenvalue weighted by atomic mass is 16.4. The maximum absolute atomic E-state index is 11.6. The number of unbranched alkanes of at least 4 members (excludes halogenated alkanes) is 1. The monoisotopic (exact) mass is 286 g/mol. The summed E-state index contributed by atoms with van der Waals surface area (Å²) < 4.78 is 0. The number of aliphatic carboxylic acids is 1. The molecule has 0 aliphatic rings. The molecule has 3 N–H and O–H groups in total. The van der Waals surface area contributed by atoms with Crippen LogP contribution in [0, 0.1) is 5.92 Å². The van der Waals surface area contributed by atoms with Gasteiger partial charge in [-0.2, -0.15) is 0 Å². The van der Waals surface area contributed by atoms with Gasteiger partial charge in [0.2, 0.25) is 5.91 Å². The van der Waals surface area contributed by atoms with E-state index in [1.54, 1.807) is 0 Å². The van der Waals surface area contributed by atoms with Crippen molar-refractivity contribution in [2.75, 3.05) is 6.54 Å². The SMILES string of the molecule is CC(C)CCCCNC(=O)CCC(NC(C)C)C(=O)O. The van der Waals surface area contributed by atoms with E-state index >= 15 is 0 Å². The van der Waals surface area contributed by atoms with Crippen LogP contribution in [0.5, 0.6) is 0 Å². The normalized spacial score (nSPS) is 12.7. The average molecular weight is 286 g/mol. The quantitative estimate of drug-likeness (QED) is 0.509. The smallest absolute Gasteiger partial charge is 0.320 e. The fourth-order valence-electron chi connectivity index (χ4n) is 1.95. The average Bonchev–Trinajstić information content (AvgIpc) is 2.32. The van der Waals surface area contributed by atoms with E-state index < -0.39 is 12.0 Å².